The Bertz CT molecular complexity index is 1050. The average molecular weight is 438 g/mol. The zero-order valence-corrected chi connectivity index (χ0v) is 17.3. The predicted octanol–water partition coefficient (Wildman–Crippen LogP) is 1.51. The van der Waals surface area contributed by atoms with Crippen LogP contribution in [0.5, 0.6) is 0 Å². The van der Waals surface area contributed by atoms with E-state index < -0.39 is 16.7 Å². The fraction of sp³-hybridized carbons (Fsp3) is 0.333. The summed E-state index contributed by atoms with van der Waals surface area (Å²) in [6.45, 7) is 2.93. The van der Waals surface area contributed by atoms with E-state index in [4.69, 9.17) is 0 Å². The largest absolute Gasteiger partial charge is 0.353 e. The number of nitro groups is 1. The molecule has 1 saturated heterocycles. The summed E-state index contributed by atoms with van der Waals surface area (Å²) in [4.78, 5) is 56.9. The fourth-order valence-corrected chi connectivity index (χ4v) is 3.82. The maximum absolute atomic E-state index is 12.5. The third-order valence-corrected chi connectivity index (χ3v) is 5.54. The second kappa shape index (κ2) is 9.00. The minimum atomic E-state index is -0.605. The van der Waals surface area contributed by atoms with Gasteiger partial charge in [-0.15, -0.1) is 0 Å². The van der Waals surface area contributed by atoms with Crippen LogP contribution in [0.3, 0.4) is 0 Å². The van der Waals surface area contributed by atoms with E-state index in [-0.39, 0.29) is 29.4 Å². The number of benzene rings is 1. The van der Waals surface area contributed by atoms with Crippen molar-refractivity contribution in [1.82, 2.24) is 20.1 Å². The Balaban J connectivity index is 1.22. The Labute approximate surface area is 183 Å². The van der Waals surface area contributed by atoms with Crippen LogP contribution in [0, 0.1) is 10.1 Å². The van der Waals surface area contributed by atoms with E-state index in [0.29, 0.717) is 39.1 Å². The first-order valence-corrected chi connectivity index (χ1v) is 10.3. The molecule has 11 nitrogen and oxygen atoms in total. The molecule has 0 aliphatic carbocycles. The highest BCUT2D eigenvalue weighted by atomic mass is 16.6. The van der Waals surface area contributed by atoms with Gasteiger partial charge in [-0.3, -0.25) is 24.6 Å². The van der Waals surface area contributed by atoms with Crippen LogP contribution in [0.15, 0.2) is 42.6 Å². The molecule has 4 rings (SSSR count). The van der Waals surface area contributed by atoms with Crippen LogP contribution in [-0.2, 0) is 0 Å². The summed E-state index contributed by atoms with van der Waals surface area (Å²) in [5, 5.41) is 13.7. The molecule has 0 radical (unpaired) electrons. The molecule has 0 bridgehead atoms. The summed E-state index contributed by atoms with van der Waals surface area (Å²) >= 11 is 0. The number of rotatable bonds is 6. The zero-order chi connectivity index (χ0) is 22.7. The lowest BCUT2D eigenvalue weighted by atomic mass is 10.1. The highest BCUT2D eigenvalue weighted by molar-refractivity contribution is 6.21. The lowest BCUT2D eigenvalue weighted by Gasteiger charge is -2.35. The number of carbonyl (C=O) groups is 3. The molecule has 32 heavy (non-hydrogen) atoms. The molecule has 1 aromatic heterocycles. The normalized spacial score (nSPS) is 15.7. The number of nitrogens with zero attached hydrogens (tertiary/aromatic N) is 5. The molecule has 0 spiro atoms. The summed E-state index contributed by atoms with van der Waals surface area (Å²) in [6.07, 6.45) is 2.12. The zero-order valence-electron chi connectivity index (χ0n) is 17.3. The number of nitrogens with one attached hydrogen (secondary N) is 1. The van der Waals surface area contributed by atoms with Gasteiger partial charge in [0.15, 0.2) is 0 Å². The van der Waals surface area contributed by atoms with Crippen LogP contribution in [0.25, 0.3) is 0 Å². The Morgan fingerprint density at radius 1 is 1.06 bits per heavy atom. The molecule has 1 N–H and O–H groups in total. The summed E-state index contributed by atoms with van der Waals surface area (Å²) in [5.74, 6) is -0.138. The lowest BCUT2D eigenvalue weighted by molar-refractivity contribution is -0.384. The van der Waals surface area contributed by atoms with E-state index in [9.17, 15) is 24.5 Å². The van der Waals surface area contributed by atoms with Crippen molar-refractivity contribution < 1.29 is 19.3 Å². The number of amides is 4. The quantitative estimate of drug-likeness (QED) is 0.313. The Hall–Kier alpha value is -4.02. The van der Waals surface area contributed by atoms with Crippen molar-refractivity contribution in [2.24, 2.45) is 0 Å². The lowest BCUT2D eigenvalue weighted by Crippen LogP contribution is -2.52. The summed E-state index contributed by atoms with van der Waals surface area (Å²) in [6, 6.07) is 9.18. The molecule has 166 valence electrons. The van der Waals surface area contributed by atoms with Crippen LogP contribution in [0.1, 0.15) is 27.1 Å². The first-order valence-electron chi connectivity index (χ1n) is 10.3. The minimum Gasteiger partial charge on any atom is -0.353 e. The smallest absolute Gasteiger partial charge is 0.317 e. The average Bonchev–Trinajstić information content (AvgIpc) is 3.06. The Kier molecular flexibility index (Phi) is 5.97. The summed E-state index contributed by atoms with van der Waals surface area (Å²) < 4.78 is 0. The maximum atomic E-state index is 12.5. The number of imide groups is 1. The Morgan fingerprint density at radius 2 is 1.81 bits per heavy atom. The number of hydrogen-bond acceptors (Lipinski definition) is 7. The van der Waals surface area contributed by atoms with Gasteiger partial charge in [0.2, 0.25) is 0 Å². The molecule has 1 fully saturated rings. The van der Waals surface area contributed by atoms with Crippen molar-refractivity contribution in [3.63, 3.8) is 0 Å². The van der Waals surface area contributed by atoms with E-state index in [1.807, 2.05) is 18.2 Å². The number of fused-ring (bicyclic) bond motifs is 1. The van der Waals surface area contributed by atoms with Crippen LogP contribution in [0.2, 0.25) is 0 Å². The second-order valence-electron chi connectivity index (χ2n) is 7.50. The molecule has 0 unspecified atom stereocenters. The van der Waals surface area contributed by atoms with Crippen molar-refractivity contribution in [1.29, 1.82) is 0 Å². The van der Waals surface area contributed by atoms with Gasteiger partial charge in [0, 0.05) is 57.6 Å². The maximum Gasteiger partial charge on any atom is 0.317 e. The molecule has 2 aliphatic heterocycles. The van der Waals surface area contributed by atoms with E-state index in [1.54, 1.807) is 11.1 Å². The number of piperazine rings is 1. The van der Waals surface area contributed by atoms with Gasteiger partial charge in [-0.05, 0) is 24.6 Å². The number of non-ortho nitro benzene ring substituents is 1. The molecule has 4 amide bonds. The van der Waals surface area contributed by atoms with Gasteiger partial charge >= 0.3 is 6.03 Å². The van der Waals surface area contributed by atoms with Crippen LogP contribution in [-0.4, -0.2) is 76.8 Å². The van der Waals surface area contributed by atoms with Crippen molar-refractivity contribution in [3.8, 4) is 0 Å². The van der Waals surface area contributed by atoms with E-state index in [2.05, 4.69) is 15.2 Å². The predicted molar refractivity (Wildman–Crippen MR) is 115 cm³/mol. The van der Waals surface area contributed by atoms with Crippen molar-refractivity contribution in [2.45, 2.75) is 6.42 Å². The third kappa shape index (κ3) is 4.22. The number of nitro benzene ring substituents is 1. The molecular weight excluding hydrogens is 416 g/mol. The molecule has 0 atom stereocenters. The summed E-state index contributed by atoms with van der Waals surface area (Å²) in [7, 11) is 0. The van der Waals surface area contributed by atoms with Crippen LogP contribution >= 0.6 is 0 Å². The number of urea groups is 1. The topological polar surface area (TPSA) is 129 Å². The van der Waals surface area contributed by atoms with Crippen molar-refractivity contribution in [2.75, 3.05) is 44.2 Å². The molecule has 2 aromatic rings. The standard InChI is InChI=1S/C21H22N6O5/c28-19-16-6-5-15(27(31)32)14-17(16)20(29)26(19)9-3-8-23-21(30)25-12-10-24(11-13-25)18-4-1-2-7-22-18/h1-2,4-7,14H,3,8-13H2,(H,23,30). The number of hydrogen-bond donors (Lipinski definition) is 1. The van der Waals surface area contributed by atoms with Gasteiger partial charge in [-0.1, -0.05) is 6.07 Å². The molecule has 1 aromatic carbocycles. The van der Waals surface area contributed by atoms with E-state index in [1.165, 1.54) is 12.1 Å². The van der Waals surface area contributed by atoms with Gasteiger partial charge in [0.05, 0.1) is 16.1 Å². The first-order chi connectivity index (χ1) is 15.5. The van der Waals surface area contributed by atoms with Crippen LogP contribution < -0.4 is 10.2 Å². The first kappa shape index (κ1) is 21.2. The third-order valence-electron chi connectivity index (χ3n) is 5.54. The van der Waals surface area contributed by atoms with Gasteiger partial charge in [0.25, 0.3) is 17.5 Å². The fourth-order valence-electron chi connectivity index (χ4n) is 3.82. The van der Waals surface area contributed by atoms with E-state index >= 15 is 0 Å². The molecule has 3 heterocycles. The van der Waals surface area contributed by atoms with Gasteiger partial charge in [-0.25, -0.2) is 9.78 Å². The minimum absolute atomic E-state index is 0.0408. The van der Waals surface area contributed by atoms with Crippen molar-refractivity contribution >= 4 is 29.4 Å². The van der Waals surface area contributed by atoms with E-state index in [0.717, 1.165) is 16.8 Å². The highest BCUT2D eigenvalue weighted by Gasteiger charge is 2.36. The van der Waals surface area contributed by atoms with Crippen LogP contribution in [0.4, 0.5) is 16.3 Å². The van der Waals surface area contributed by atoms with Gasteiger partial charge in [-0.2, -0.15) is 0 Å². The van der Waals surface area contributed by atoms with Gasteiger partial charge < -0.3 is 15.1 Å². The number of anilines is 1. The highest BCUT2D eigenvalue weighted by Crippen LogP contribution is 2.26. The van der Waals surface area contributed by atoms with Gasteiger partial charge in [0.1, 0.15) is 5.82 Å². The van der Waals surface area contributed by atoms with Crippen molar-refractivity contribution in [3.05, 3.63) is 63.8 Å². The number of carbonyl (C=O) groups excluding carboxylic acids is 3. The molecule has 0 saturated carbocycles. The monoisotopic (exact) mass is 438 g/mol. The molecule has 11 heteroatoms. The Morgan fingerprint density at radius 3 is 2.50 bits per heavy atom. The number of aromatic nitrogens is 1. The second-order valence-corrected chi connectivity index (χ2v) is 7.50. The molecule has 2 aliphatic rings. The SMILES string of the molecule is O=C(NCCCN1C(=O)c2ccc([N+](=O)[O-])cc2C1=O)N1CCN(c2ccccn2)CC1. The molecular formula is C21H22N6O5. The summed E-state index contributed by atoms with van der Waals surface area (Å²) in [5.41, 5.74) is -0.0309. The number of pyridine rings is 1.